The molecule has 0 atom stereocenters. The van der Waals surface area contributed by atoms with E-state index in [1.54, 1.807) is 19.2 Å². The fraction of sp³-hybridized carbons (Fsp3) is 0.231. The van der Waals surface area contributed by atoms with Crippen LogP contribution in [0.1, 0.15) is 12.8 Å². The Balaban J connectivity index is 2.00. The SMILES string of the molecule is COc1ccc(-c2nnc(NC(=O)CCC(=O)[O-])s2)cc1. The molecule has 0 bridgehead atoms. The number of carbonyl (C=O) groups is 2. The van der Waals surface area contributed by atoms with Crippen LogP contribution in [-0.4, -0.2) is 29.2 Å². The van der Waals surface area contributed by atoms with Crippen molar-refractivity contribution in [2.24, 2.45) is 0 Å². The minimum atomic E-state index is -1.26. The minimum absolute atomic E-state index is 0.153. The topological polar surface area (TPSA) is 104 Å². The molecule has 0 radical (unpaired) electrons. The lowest BCUT2D eigenvalue weighted by atomic mass is 10.2. The van der Waals surface area contributed by atoms with Gasteiger partial charge in [0, 0.05) is 18.0 Å². The average molecular weight is 306 g/mol. The molecule has 2 rings (SSSR count). The molecular weight excluding hydrogens is 294 g/mol. The minimum Gasteiger partial charge on any atom is -0.550 e. The van der Waals surface area contributed by atoms with E-state index in [0.717, 1.165) is 11.3 Å². The Hall–Kier alpha value is -2.48. The van der Waals surface area contributed by atoms with Gasteiger partial charge in [0.15, 0.2) is 0 Å². The van der Waals surface area contributed by atoms with Gasteiger partial charge in [-0.15, -0.1) is 10.2 Å². The smallest absolute Gasteiger partial charge is 0.226 e. The molecule has 21 heavy (non-hydrogen) atoms. The van der Waals surface area contributed by atoms with Crippen LogP contribution in [0.15, 0.2) is 24.3 Å². The maximum absolute atomic E-state index is 11.5. The zero-order valence-electron chi connectivity index (χ0n) is 11.2. The first-order valence-electron chi connectivity index (χ1n) is 6.06. The van der Waals surface area contributed by atoms with Crippen molar-refractivity contribution >= 4 is 28.3 Å². The third kappa shape index (κ3) is 4.25. The first-order valence-corrected chi connectivity index (χ1v) is 6.88. The highest BCUT2D eigenvalue weighted by molar-refractivity contribution is 7.18. The first-order chi connectivity index (χ1) is 10.1. The highest BCUT2D eigenvalue weighted by atomic mass is 32.1. The third-order valence-corrected chi connectivity index (χ3v) is 3.45. The van der Waals surface area contributed by atoms with E-state index >= 15 is 0 Å². The second-order valence-corrected chi connectivity index (χ2v) is 5.04. The predicted octanol–water partition coefficient (Wildman–Crippen LogP) is 0.682. The molecule has 1 amide bonds. The molecule has 0 aliphatic carbocycles. The summed E-state index contributed by atoms with van der Waals surface area (Å²) in [6.07, 6.45) is -0.476. The van der Waals surface area contributed by atoms with Crippen molar-refractivity contribution in [2.75, 3.05) is 12.4 Å². The Labute approximate surface area is 124 Å². The van der Waals surface area contributed by atoms with E-state index in [2.05, 4.69) is 15.5 Å². The number of carbonyl (C=O) groups excluding carboxylic acids is 2. The van der Waals surface area contributed by atoms with E-state index < -0.39 is 11.9 Å². The fourth-order valence-corrected chi connectivity index (χ4v) is 2.29. The Morgan fingerprint density at radius 2 is 1.95 bits per heavy atom. The normalized spacial score (nSPS) is 10.1. The van der Waals surface area contributed by atoms with Crippen LogP contribution in [0, 0.1) is 0 Å². The number of nitrogens with zero attached hydrogens (tertiary/aromatic N) is 2. The van der Waals surface area contributed by atoms with Crippen molar-refractivity contribution in [1.29, 1.82) is 0 Å². The molecule has 0 spiro atoms. The van der Waals surface area contributed by atoms with Gasteiger partial charge in [-0.25, -0.2) is 0 Å². The van der Waals surface area contributed by atoms with Gasteiger partial charge in [-0.3, -0.25) is 4.79 Å². The average Bonchev–Trinajstić information content (AvgIpc) is 2.93. The lowest BCUT2D eigenvalue weighted by molar-refractivity contribution is -0.305. The van der Waals surface area contributed by atoms with Gasteiger partial charge in [0.05, 0.1) is 7.11 Å². The molecular formula is C13H12N3O4S-. The van der Waals surface area contributed by atoms with Gasteiger partial charge in [-0.05, 0) is 30.7 Å². The van der Waals surface area contributed by atoms with Crippen LogP contribution in [0.4, 0.5) is 5.13 Å². The molecule has 1 heterocycles. The summed E-state index contributed by atoms with van der Waals surface area (Å²) in [5.74, 6) is -0.961. The summed E-state index contributed by atoms with van der Waals surface area (Å²) < 4.78 is 5.07. The number of carboxylic acids is 1. The van der Waals surface area contributed by atoms with Crippen molar-refractivity contribution in [1.82, 2.24) is 10.2 Å². The molecule has 1 N–H and O–H groups in total. The van der Waals surface area contributed by atoms with Gasteiger partial charge < -0.3 is 20.0 Å². The van der Waals surface area contributed by atoms with Crippen LogP contribution in [0.25, 0.3) is 10.6 Å². The molecule has 1 aromatic carbocycles. The zero-order chi connectivity index (χ0) is 15.2. The molecule has 1 aromatic heterocycles. The Bertz CT molecular complexity index is 639. The lowest BCUT2D eigenvalue weighted by Crippen LogP contribution is -2.24. The molecule has 110 valence electrons. The lowest BCUT2D eigenvalue weighted by Gasteiger charge is -2.01. The second-order valence-electron chi connectivity index (χ2n) is 4.06. The summed E-state index contributed by atoms with van der Waals surface area (Å²) >= 11 is 1.20. The van der Waals surface area contributed by atoms with Gasteiger partial charge in [-0.2, -0.15) is 0 Å². The number of nitrogens with one attached hydrogen (secondary N) is 1. The quantitative estimate of drug-likeness (QED) is 0.841. The van der Waals surface area contributed by atoms with Crippen molar-refractivity contribution in [3.63, 3.8) is 0 Å². The third-order valence-electron chi connectivity index (χ3n) is 2.56. The number of hydrogen-bond acceptors (Lipinski definition) is 7. The highest BCUT2D eigenvalue weighted by Gasteiger charge is 2.09. The number of carboxylic acid groups (broad SMARTS) is 1. The zero-order valence-corrected chi connectivity index (χ0v) is 12.0. The van der Waals surface area contributed by atoms with Crippen LogP contribution >= 0.6 is 11.3 Å². The van der Waals surface area contributed by atoms with Crippen LogP contribution in [0.3, 0.4) is 0 Å². The number of benzene rings is 1. The van der Waals surface area contributed by atoms with Gasteiger partial charge in [0.2, 0.25) is 11.0 Å². The van der Waals surface area contributed by atoms with Gasteiger partial charge in [0.25, 0.3) is 0 Å². The summed E-state index contributed by atoms with van der Waals surface area (Å²) in [7, 11) is 1.58. The first kappa shape index (κ1) is 14.9. The van der Waals surface area contributed by atoms with Gasteiger partial charge in [-0.1, -0.05) is 11.3 Å². The van der Waals surface area contributed by atoms with Crippen molar-refractivity contribution in [3.8, 4) is 16.3 Å². The maximum Gasteiger partial charge on any atom is 0.226 e. The molecule has 2 aromatic rings. The molecule has 0 aliphatic rings. The van der Waals surface area contributed by atoms with E-state index in [1.165, 1.54) is 11.3 Å². The number of hydrogen-bond donors (Lipinski definition) is 1. The monoisotopic (exact) mass is 306 g/mol. The summed E-state index contributed by atoms with van der Waals surface area (Å²) in [4.78, 5) is 21.7. The second kappa shape index (κ2) is 6.80. The molecule has 0 unspecified atom stereocenters. The Morgan fingerprint density at radius 3 is 2.57 bits per heavy atom. The molecule has 0 saturated carbocycles. The van der Waals surface area contributed by atoms with Crippen LogP contribution in [0.5, 0.6) is 5.75 Å². The number of methoxy groups -OCH3 is 1. The summed E-state index contributed by atoms with van der Waals surface area (Å²) in [6.45, 7) is 0. The van der Waals surface area contributed by atoms with Crippen LogP contribution < -0.4 is 15.2 Å². The molecule has 0 aliphatic heterocycles. The van der Waals surface area contributed by atoms with Gasteiger partial charge >= 0.3 is 0 Å². The number of rotatable bonds is 6. The van der Waals surface area contributed by atoms with Crippen molar-refractivity contribution < 1.29 is 19.4 Å². The van der Waals surface area contributed by atoms with Crippen molar-refractivity contribution in [3.05, 3.63) is 24.3 Å². The number of aromatic nitrogens is 2. The largest absolute Gasteiger partial charge is 0.550 e. The molecule has 7 nitrogen and oxygen atoms in total. The van der Waals surface area contributed by atoms with Crippen molar-refractivity contribution in [2.45, 2.75) is 12.8 Å². The van der Waals surface area contributed by atoms with E-state index in [0.29, 0.717) is 10.1 Å². The predicted molar refractivity (Wildman–Crippen MR) is 74.8 cm³/mol. The molecule has 0 saturated heterocycles. The number of aliphatic carboxylic acids is 1. The summed E-state index contributed by atoms with van der Waals surface area (Å²) in [6, 6.07) is 7.27. The van der Waals surface area contributed by atoms with Crippen LogP contribution in [-0.2, 0) is 9.59 Å². The Morgan fingerprint density at radius 1 is 1.24 bits per heavy atom. The van der Waals surface area contributed by atoms with E-state index in [-0.39, 0.29) is 12.8 Å². The summed E-state index contributed by atoms with van der Waals surface area (Å²) in [5, 5.41) is 21.6. The number of ether oxygens (including phenoxy) is 1. The number of amides is 1. The molecule has 8 heteroatoms. The maximum atomic E-state index is 11.5. The number of anilines is 1. The Kier molecular flexibility index (Phi) is 4.83. The standard InChI is InChI=1S/C13H13N3O4S/c1-20-9-4-2-8(3-5-9)12-15-16-13(21-12)14-10(17)6-7-11(18)19/h2-5H,6-7H2,1H3,(H,18,19)(H,14,16,17)/p-1. The molecule has 0 fully saturated rings. The fourth-order valence-electron chi connectivity index (χ4n) is 1.52. The highest BCUT2D eigenvalue weighted by Crippen LogP contribution is 2.27. The summed E-state index contributed by atoms with van der Waals surface area (Å²) in [5.41, 5.74) is 0.850. The van der Waals surface area contributed by atoms with E-state index in [9.17, 15) is 14.7 Å². The van der Waals surface area contributed by atoms with Gasteiger partial charge in [0.1, 0.15) is 10.8 Å². The van der Waals surface area contributed by atoms with Crippen LogP contribution in [0.2, 0.25) is 0 Å². The van der Waals surface area contributed by atoms with E-state index in [4.69, 9.17) is 4.74 Å². The van der Waals surface area contributed by atoms with E-state index in [1.807, 2.05) is 12.1 Å².